The first-order valence-electron chi connectivity index (χ1n) is 8.14. The molecule has 1 aromatic heterocycles. The molecular formula is C17H14Cl2N6O3S. The molecule has 9 nitrogen and oxygen atoms in total. The van der Waals surface area contributed by atoms with Crippen LogP contribution in [0, 0.1) is 10.1 Å². The lowest BCUT2D eigenvalue weighted by atomic mass is 10.2. The maximum atomic E-state index is 12.4. The maximum Gasteiger partial charge on any atom is 0.271 e. The SMILES string of the molecule is CC(Sc1nnc(-c2ccc(Cl)cc2Cl)n1N)C(=O)Nc1cccc([N+](=O)[O-])c1. The topological polar surface area (TPSA) is 129 Å². The number of nitrogens with one attached hydrogen (secondary N) is 1. The Hall–Kier alpha value is -2.82. The molecule has 1 atom stereocenters. The summed E-state index contributed by atoms with van der Waals surface area (Å²) in [5.41, 5.74) is 0.750. The number of amides is 1. The van der Waals surface area contributed by atoms with Gasteiger partial charge in [-0.1, -0.05) is 41.0 Å². The van der Waals surface area contributed by atoms with E-state index < -0.39 is 10.2 Å². The number of halogens is 2. The van der Waals surface area contributed by atoms with E-state index >= 15 is 0 Å². The second-order valence-corrected chi connectivity index (χ2v) is 8.01. The van der Waals surface area contributed by atoms with Gasteiger partial charge in [0.15, 0.2) is 5.82 Å². The first kappa shape index (κ1) is 20.9. The number of hydrogen-bond acceptors (Lipinski definition) is 7. The molecule has 0 saturated carbocycles. The Labute approximate surface area is 179 Å². The number of nitrogens with two attached hydrogens (primary N) is 1. The summed E-state index contributed by atoms with van der Waals surface area (Å²) in [4.78, 5) is 22.8. The normalized spacial score (nSPS) is 11.8. The van der Waals surface area contributed by atoms with Crippen molar-refractivity contribution in [2.75, 3.05) is 11.2 Å². The number of benzene rings is 2. The van der Waals surface area contributed by atoms with Crippen LogP contribution in [0.1, 0.15) is 6.92 Å². The van der Waals surface area contributed by atoms with Crippen molar-refractivity contribution in [3.05, 3.63) is 62.6 Å². The third-order valence-electron chi connectivity index (χ3n) is 3.81. The van der Waals surface area contributed by atoms with Crippen molar-refractivity contribution in [1.29, 1.82) is 0 Å². The van der Waals surface area contributed by atoms with Crippen molar-refractivity contribution in [1.82, 2.24) is 14.9 Å². The Bertz CT molecular complexity index is 1090. The third kappa shape index (κ3) is 4.78. The highest BCUT2D eigenvalue weighted by Gasteiger charge is 2.21. The molecule has 1 heterocycles. The van der Waals surface area contributed by atoms with E-state index in [1.165, 1.54) is 22.9 Å². The van der Waals surface area contributed by atoms with Gasteiger partial charge in [-0.15, -0.1) is 10.2 Å². The summed E-state index contributed by atoms with van der Waals surface area (Å²) in [6, 6.07) is 10.6. The van der Waals surface area contributed by atoms with E-state index in [4.69, 9.17) is 29.0 Å². The zero-order chi connectivity index (χ0) is 21.1. The molecule has 1 unspecified atom stereocenters. The molecule has 0 spiro atoms. The minimum atomic E-state index is -0.602. The summed E-state index contributed by atoms with van der Waals surface area (Å²) in [5, 5.41) is 22.1. The van der Waals surface area contributed by atoms with Crippen LogP contribution < -0.4 is 11.2 Å². The summed E-state index contributed by atoms with van der Waals surface area (Å²) < 4.78 is 1.23. The molecule has 29 heavy (non-hydrogen) atoms. The number of thioether (sulfide) groups is 1. The quantitative estimate of drug-likeness (QED) is 0.250. The van der Waals surface area contributed by atoms with Crippen LogP contribution >= 0.6 is 35.0 Å². The van der Waals surface area contributed by atoms with Gasteiger partial charge in [0.25, 0.3) is 5.69 Å². The average Bonchev–Trinajstić information content (AvgIpc) is 3.02. The molecular weight excluding hydrogens is 439 g/mol. The molecule has 150 valence electrons. The van der Waals surface area contributed by atoms with Crippen molar-refractivity contribution in [3.8, 4) is 11.4 Å². The lowest BCUT2D eigenvalue weighted by Crippen LogP contribution is -2.23. The number of rotatable bonds is 6. The van der Waals surface area contributed by atoms with Crippen LogP contribution in [-0.4, -0.2) is 31.0 Å². The van der Waals surface area contributed by atoms with E-state index in [-0.39, 0.29) is 11.6 Å². The number of non-ortho nitro benzene ring substituents is 1. The van der Waals surface area contributed by atoms with Crippen molar-refractivity contribution in [2.45, 2.75) is 17.3 Å². The molecule has 1 amide bonds. The van der Waals surface area contributed by atoms with Gasteiger partial charge in [0.1, 0.15) is 0 Å². The highest BCUT2D eigenvalue weighted by atomic mass is 35.5. The van der Waals surface area contributed by atoms with Gasteiger partial charge in [-0.3, -0.25) is 14.9 Å². The van der Waals surface area contributed by atoms with Crippen LogP contribution in [-0.2, 0) is 4.79 Å². The van der Waals surface area contributed by atoms with E-state index in [2.05, 4.69) is 15.5 Å². The van der Waals surface area contributed by atoms with Gasteiger partial charge in [-0.05, 0) is 31.2 Å². The second-order valence-electron chi connectivity index (χ2n) is 5.86. The van der Waals surface area contributed by atoms with Gasteiger partial charge in [0, 0.05) is 28.4 Å². The lowest BCUT2D eigenvalue weighted by molar-refractivity contribution is -0.384. The fourth-order valence-corrected chi connectivity index (χ4v) is 3.63. The number of nitrogens with zero attached hydrogens (tertiary/aromatic N) is 4. The van der Waals surface area contributed by atoms with Gasteiger partial charge >= 0.3 is 0 Å². The molecule has 0 bridgehead atoms. The maximum absolute atomic E-state index is 12.4. The van der Waals surface area contributed by atoms with Crippen LogP contribution in [0.2, 0.25) is 10.0 Å². The number of carbonyl (C=O) groups excluding carboxylic acids is 1. The van der Waals surface area contributed by atoms with E-state index in [0.717, 1.165) is 11.8 Å². The van der Waals surface area contributed by atoms with Crippen LogP contribution in [0.25, 0.3) is 11.4 Å². The molecule has 0 radical (unpaired) electrons. The average molecular weight is 453 g/mol. The summed E-state index contributed by atoms with van der Waals surface area (Å²) in [6.07, 6.45) is 0. The number of aromatic nitrogens is 3. The summed E-state index contributed by atoms with van der Waals surface area (Å²) in [7, 11) is 0. The summed E-state index contributed by atoms with van der Waals surface area (Å²) >= 11 is 13.2. The van der Waals surface area contributed by atoms with Crippen LogP contribution in [0.3, 0.4) is 0 Å². The summed E-state index contributed by atoms with van der Waals surface area (Å²) in [6.45, 7) is 1.65. The Balaban J connectivity index is 1.73. The zero-order valence-corrected chi connectivity index (χ0v) is 17.2. The Morgan fingerprint density at radius 3 is 2.72 bits per heavy atom. The predicted molar refractivity (Wildman–Crippen MR) is 113 cm³/mol. The predicted octanol–water partition coefficient (Wildman–Crippen LogP) is 3.99. The fourth-order valence-electron chi connectivity index (χ4n) is 2.36. The van der Waals surface area contributed by atoms with Crippen LogP contribution in [0.15, 0.2) is 47.6 Å². The number of anilines is 1. The molecule has 0 aliphatic rings. The number of hydrogen-bond donors (Lipinski definition) is 2. The highest BCUT2D eigenvalue weighted by Crippen LogP contribution is 2.31. The van der Waals surface area contributed by atoms with Crippen molar-refractivity contribution >= 4 is 52.2 Å². The second kappa shape index (κ2) is 8.68. The molecule has 12 heteroatoms. The van der Waals surface area contributed by atoms with Crippen molar-refractivity contribution < 1.29 is 9.72 Å². The number of nitrogen functional groups attached to an aromatic ring is 1. The monoisotopic (exact) mass is 452 g/mol. The number of nitro benzene ring substituents is 1. The zero-order valence-electron chi connectivity index (χ0n) is 14.9. The molecule has 2 aromatic carbocycles. The Morgan fingerprint density at radius 1 is 1.28 bits per heavy atom. The Morgan fingerprint density at radius 2 is 2.03 bits per heavy atom. The van der Waals surface area contributed by atoms with Gasteiger partial charge in [-0.25, -0.2) is 4.68 Å². The minimum Gasteiger partial charge on any atom is -0.335 e. The number of nitro groups is 1. The molecule has 0 aliphatic heterocycles. The number of carbonyl (C=O) groups is 1. The molecule has 3 rings (SSSR count). The molecule has 0 saturated heterocycles. The fraction of sp³-hybridized carbons (Fsp3) is 0.118. The van der Waals surface area contributed by atoms with E-state index in [9.17, 15) is 14.9 Å². The Kier molecular flexibility index (Phi) is 6.26. The van der Waals surface area contributed by atoms with Gasteiger partial charge in [0.05, 0.1) is 15.2 Å². The lowest BCUT2D eigenvalue weighted by Gasteiger charge is -2.11. The van der Waals surface area contributed by atoms with Crippen molar-refractivity contribution in [2.24, 2.45) is 0 Å². The smallest absolute Gasteiger partial charge is 0.271 e. The first-order chi connectivity index (χ1) is 13.8. The van der Waals surface area contributed by atoms with Crippen LogP contribution in [0.5, 0.6) is 0 Å². The standard InChI is InChI=1S/C17H14Cl2N6O3S/c1-9(16(26)21-11-3-2-4-12(8-11)25(27)28)29-17-23-22-15(24(17)20)13-6-5-10(18)7-14(13)19/h2-9H,20H2,1H3,(H,21,26). The molecule has 0 fully saturated rings. The van der Waals surface area contributed by atoms with E-state index in [0.29, 0.717) is 32.3 Å². The minimum absolute atomic E-state index is 0.116. The molecule has 3 aromatic rings. The highest BCUT2D eigenvalue weighted by molar-refractivity contribution is 8.00. The van der Waals surface area contributed by atoms with Crippen LogP contribution in [0.4, 0.5) is 11.4 Å². The van der Waals surface area contributed by atoms with E-state index in [1.54, 1.807) is 31.2 Å². The van der Waals surface area contributed by atoms with E-state index in [1.807, 2.05) is 0 Å². The van der Waals surface area contributed by atoms with Gasteiger partial charge in [0.2, 0.25) is 11.1 Å². The molecule has 3 N–H and O–H groups in total. The third-order valence-corrected chi connectivity index (χ3v) is 5.42. The van der Waals surface area contributed by atoms with Crippen molar-refractivity contribution in [3.63, 3.8) is 0 Å². The largest absolute Gasteiger partial charge is 0.335 e. The van der Waals surface area contributed by atoms with Gasteiger partial charge in [-0.2, -0.15) is 0 Å². The first-order valence-corrected chi connectivity index (χ1v) is 9.77. The van der Waals surface area contributed by atoms with Gasteiger partial charge < -0.3 is 11.2 Å². The molecule has 0 aliphatic carbocycles. The summed E-state index contributed by atoms with van der Waals surface area (Å²) in [5.74, 6) is 6.02.